The highest BCUT2D eigenvalue weighted by Crippen LogP contribution is 2.18. The third-order valence-electron chi connectivity index (χ3n) is 3.30. The van der Waals surface area contributed by atoms with Crippen molar-refractivity contribution in [2.24, 2.45) is 0 Å². The molecule has 0 spiro atoms. The molecule has 3 rings (SSSR count). The lowest BCUT2D eigenvalue weighted by atomic mass is 10.1. The second-order valence-corrected chi connectivity index (χ2v) is 4.67. The molecular weight excluding hydrogens is 226 g/mol. The topological polar surface area (TPSA) is 55.6 Å². The van der Waals surface area contributed by atoms with Crippen LogP contribution in [-0.4, -0.2) is 19.7 Å². The molecular formula is C13H17N5. The smallest absolute Gasteiger partial charge is 0.223 e. The van der Waals surface area contributed by atoms with Crippen LogP contribution >= 0.6 is 0 Å². The summed E-state index contributed by atoms with van der Waals surface area (Å²) in [6.07, 6.45) is 7.37. The summed E-state index contributed by atoms with van der Waals surface area (Å²) in [4.78, 5) is 8.54. The first-order valence-electron chi connectivity index (χ1n) is 6.40. The third kappa shape index (κ3) is 2.20. The second-order valence-electron chi connectivity index (χ2n) is 4.67. The highest BCUT2D eigenvalue weighted by Gasteiger charge is 2.14. The summed E-state index contributed by atoms with van der Waals surface area (Å²) < 4.78 is 2.12. The van der Waals surface area contributed by atoms with Gasteiger partial charge in [-0.1, -0.05) is 0 Å². The molecule has 2 aromatic heterocycles. The first kappa shape index (κ1) is 11.2. The van der Waals surface area contributed by atoms with Crippen LogP contribution in [0.25, 0.3) is 0 Å². The molecule has 0 atom stereocenters. The van der Waals surface area contributed by atoms with E-state index in [0.29, 0.717) is 5.95 Å². The number of aromatic nitrogens is 4. The molecule has 0 unspecified atom stereocenters. The van der Waals surface area contributed by atoms with Crippen molar-refractivity contribution in [3.05, 3.63) is 35.4 Å². The van der Waals surface area contributed by atoms with Crippen molar-refractivity contribution >= 4 is 5.95 Å². The van der Waals surface area contributed by atoms with E-state index in [9.17, 15) is 0 Å². The molecule has 94 valence electrons. The molecule has 18 heavy (non-hydrogen) atoms. The van der Waals surface area contributed by atoms with Crippen LogP contribution in [0.5, 0.6) is 0 Å². The average molecular weight is 243 g/mol. The Morgan fingerprint density at radius 3 is 3.22 bits per heavy atom. The van der Waals surface area contributed by atoms with Crippen molar-refractivity contribution in [2.75, 3.05) is 5.32 Å². The minimum atomic E-state index is 0.686. The van der Waals surface area contributed by atoms with Gasteiger partial charge in [-0.05, 0) is 32.3 Å². The first-order valence-corrected chi connectivity index (χ1v) is 6.40. The zero-order valence-electron chi connectivity index (χ0n) is 10.6. The Hall–Kier alpha value is -1.91. The van der Waals surface area contributed by atoms with Crippen LogP contribution in [0.3, 0.4) is 0 Å². The third-order valence-corrected chi connectivity index (χ3v) is 3.30. The standard InChI is InChI=1S/C13H17N5/c1-10-5-6-14-13(17-10)15-8-11-9-16-18-7-3-2-4-12(11)18/h5-6,9H,2-4,7-8H2,1H3,(H,14,15,17). The number of anilines is 1. The Morgan fingerprint density at radius 2 is 2.33 bits per heavy atom. The fraction of sp³-hybridized carbons (Fsp3) is 0.462. The monoisotopic (exact) mass is 243 g/mol. The molecule has 5 heteroatoms. The minimum absolute atomic E-state index is 0.686. The molecule has 0 bridgehead atoms. The summed E-state index contributed by atoms with van der Waals surface area (Å²) in [5.74, 6) is 0.686. The van der Waals surface area contributed by atoms with Gasteiger partial charge in [0, 0.05) is 36.2 Å². The number of hydrogen-bond acceptors (Lipinski definition) is 4. The maximum absolute atomic E-state index is 4.42. The molecule has 5 nitrogen and oxygen atoms in total. The maximum atomic E-state index is 4.42. The van der Waals surface area contributed by atoms with Crippen LogP contribution < -0.4 is 5.32 Å². The van der Waals surface area contributed by atoms with Crippen LogP contribution in [0.15, 0.2) is 18.5 Å². The van der Waals surface area contributed by atoms with Crippen LogP contribution in [-0.2, 0) is 19.5 Å². The second kappa shape index (κ2) is 4.76. The summed E-state index contributed by atoms with van der Waals surface area (Å²) >= 11 is 0. The highest BCUT2D eigenvalue weighted by molar-refractivity contribution is 5.29. The molecule has 3 heterocycles. The van der Waals surface area contributed by atoms with Gasteiger partial charge in [0.05, 0.1) is 6.20 Å². The molecule has 1 aliphatic heterocycles. The van der Waals surface area contributed by atoms with Gasteiger partial charge in [-0.25, -0.2) is 9.97 Å². The van der Waals surface area contributed by atoms with Gasteiger partial charge in [-0.3, -0.25) is 4.68 Å². The summed E-state index contributed by atoms with van der Waals surface area (Å²) in [6, 6.07) is 1.90. The molecule has 0 saturated heterocycles. The van der Waals surface area contributed by atoms with E-state index in [1.165, 1.54) is 24.1 Å². The average Bonchev–Trinajstić information content (AvgIpc) is 2.80. The van der Waals surface area contributed by atoms with Gasteiger partial charge in [0.1, 0.15) is 0 Å². The van der Waals surface area contributed by atoms with Crippen molar-refractivity contribution in [2.45, 2.75) is 39.3 Å². The van der Waals surface area contributed by atoms with Crippen LogP contribution in [0.2, 0.25) is 0 Å². The highest BCUT2D eigenvalue weighted by atomic mass is 15.3. The Morgan fingerprint density at radius 1 is 1.39 bits per heavy atom. The fourth-order valence-corrected chi connectivity index (χ4v) is 2.34. The Kier molecular flexibility index (Phi) is 2.96. The van der Waals surface area contributed by atoms with Crippen molar-refractivity contribution < 1.29 is 0 Å². The van der Waals surface area contributed by atoms with Crippen molar-refractivity contribution in [3.8, 4) is 0 Å². The zero-order chi connectivity index (χ0) is 12.4. The van der Waals surface area contributed by atoms with Gasteiger partial charge in [0.15, 0.2) is 0 Å². The summed E-state index contributed by atoms with van der Waals surface area (Å²) in [7, 11) is 0. The lowest BCUT2D eigenvalue weighted by Crippen LogP contribution is -2.13. The molecule has 0 aromatic carbocycles. The van der Waals surface area contributed by atoms with Gasteiger partial charge in [-0.15, -0.1) is 0 Å². The quantitative estimate of drug-likeness (QED) is 0.895. The maximum Gasteiger partial charge on any atom is 0.223 e. The molecule has 1 N–H and O–H groups in total. The molecule has 1 aliphatic rings. The van der Waals surface area contributed by atoms with E-state index in [4.69, 9.17) is 0 Å². The van der Waals surface area contributed by atoms with E-state index in [0.717, 1.165) is 25.2 Å². The number of rotatable bonds is 3. The molecule has 0 amide bonds. The summed E-state index contributed by atoms with van der Waals surface area (Å²) in [6.45, 7) is 3.77. The fourth-order valence-electron chi connectivity index (χ4n) is 2.34. The lowest BCUT2D eigenvalue weighted by Gasteiger charge is -2.14. The normalized spacial score (nSPS) is 14.3. The molecule has 2 aromatic rings. The van der Waals surface area contributed by atoms with E-state index in [1.54, 1.807) is 6.20 Å². The number of hydrogen-bond donors (Lipinski definition) is 1. The zero-order valence-corrected chi connectivity index (χ0v) is 10.6. The van der Waals surface area contributed by atoms with E-state index >= 15 is 0 Å². The molecule has 0 fully saturated rings. The van der Waals surface area contributed by atoms with Crippen LogP contribution in [0.1, 0.15) is 29.8 Å². The largest absolute Gasteiger partial charge is 0.350 e. The van der Waals surface area contributed by atoms with Gasteiger partial charge in [0.2, 0.25) is 5.95 Å². The predicted molar refractivity (Wildman–Crippen MR) is 69.3 cm³/mol. The van der Waals surface area contributed by atoms with E-state index in [1.807, 2.05) is 19.2 Å². The van der Waals surface area contributed by atoms with E-state index < -0.39 is 0 Å². The van der Waals surface area contributed by atoms with Crippen LogP contribution in [0, 0.1) is 6.92 Å². The Labute approximate surface area is 106 Å². The van der Waals surface area contributed by atoms with Gasteiger partial charge in [0.25, 0.3) is 0 Å². The van der Waals surface area contributed by atoms with Crippen molar-refractivity contribution in [3.63, 3.8) is 0 Å². The number of nitrogens with one attached hydrogen (secondary N) is 1. The van der Waals surface area contributed by atoms with Gasteiger partial charge < -0.3 is 5.32 Å². The van der Waals surface area contributed by atoms with Gasteiger partial charge in [-0.2, -0.15) is 5.10 Å². The number of nitrogens with zero attached hydrogens (tertiary/aromatic N) is 4. The van der Waals surface area contributed by atoms with E-state index in [-0.39, 0.29) is 0 Å². The van der Waals surface area contributed by atoms with Gasteiger partial charge >= 0.3 is 0 Å². The minimum Gasteiger partial charge on any atom is -0.350 e. The summed E-state index contributed by atoms with van der Waals surface area (Å²) in [5, 5.41) is 7.68. The molecule has 0 radical (unpaired) electrons. The number of fused-ring (bicyclic) bond motifs is 1. The van der Waals surface area contributed by atoms with Crippen LogP contribution in [0.4, 0.5) is 5.95 Å². The Balaban J connectivity index is 1.72. The SMILES string of the molecule is Cc1ccnc(NCc2cnn3c2CCCC3)n1. The van der Waals surface area contributed by atoms with E-state index in [2.05, 4.69) is 25.1 Å². The summed E-state index contributed by atoms with van der Waals surface area (Å²) in [5.41, 5.74) is 3.60. The van der Waals surface area contributed by atoms with Crippen molar-refractivity contribution in [1.29, 1.82) is 0 Å². The lowest BCUT2D eigenvalue weighted by molar-refractivity contribution is 0.484. The molecule has 0 aliphatic carbocycles. The van der Waals surface area contributed by atoms with Crippen molar-refractivity contribution in [1.82, 2.24) is 19.7 Å². The predicted octanol–water partition coefficient (Wildman–Crippen LogP) is 1.93. The first-order chi connectivity index (χ1) is 8.83. The Bertz CT molecular complexity index is 546. The number of aryl methyl sites for hydroxylation is 2. The molecule has 0 saturated carbocycles.